The van der Waals surface area contributed by atoms with Crippen molar-refractivity contribution in [1.29, 1.82) is 0 Å². The monoisotopic (exact) mass is 964 g/mol. The predicted octanol–water partition coefficient (Wildman–Crippen LogP) is 19.0. The minimum absolute atomic E-state index is 0.494. The number of benzene rings is 12. The number of anilines is 6. The number of hydrogen-bond donors (Lipinski definition) is 0. The van der Waals surface area contributed by atoms with Crippen LogP contribution in [0.15, 0.2) is 291 Å². The van der Waals surface area contributed by atoms with Gasteiger partial charge in [0.15, 0.2) is 0 Å². The number of hydrogen-bond acceptors (Lipinski definition) is 2. The fourth-order valence-electron chi connectivity index (χ4n) is 14.1. The van der Waals surface area contributed by atoms with Gasteiger partial charge in [-0.15, -0.1) is 0 Å². The maximum Gasteiger partial charge on any atom is 0.0755 e. The van der Waals surface area contributed by atoms with E-state index in [1.54, 1.807) is 0 Å². The molecule has 0 bridgehead atoms. The van der Waals surface area contributed by atoms with E-state index in [9.17, 15) is 0 Å². The highest BCUT2D eigenvalue weighted by atomic mass is 15.2. The van der Waals surface area contributed by atoms with Gasteiger partial charge in [-0.05, 0) is 149 Å². The average Bonchev–Trinajstić information content (AvgIpc) is 4.18. The summed E-state index contributed by atoms with van der Waals surface area (Å²) in [4.78, 5) is 5.01. The first kappa shape index (κ1) is 42.7. The molecule has 0 aromatic heterocycles. The van der Waals surface area contributed by atoms with Gasteiger partial charge in [0.05, 0.1) is 27.9 Å². The molecule has 2 heteroatoms. The van der Waals surface area contributed by atoms with Crippen LogP contribution in [0.25, 0.3) is 55.6 Å². The predicted molar refractivity (Wildman–Crippen MR) is 314 cm³/mol. The van der Waals surface area contributed by atoms with Gasteiger partial charge in [-0.3, -0.25) is 0 Å². The summed E-state index contributed by atoms with van der Waals surface area (Å²) in [5.41, 5.74) is 28.6. The van der Waals surface area contributed by atoms with Crippen LogP contribution in [0.2, 0.25) is 0 Å². The van der Waals surface area contributed by atoms with Gasteiger partial charge in [0.1, 0.15) is 0 Å². The van der Waals surface area contributed by atoms with Crippen molar-refractivity contribution in [1.82, 2.24) is 0 Å². The maximum atomic E-state index is 2.55. The van der Waals surface area contributed by atoms with E-state index < -0.39 is 10.8 Å². The lowest BCUT2D eigenvalue weighted by molar-refractivity contribution is 0.752. The minimum atomic E-state index is -0.608. The zero-order chi connectivity index (χ0) is 50.0. The summed E-state index contributed by atoms with van der Waals surface area (Å²) in [6, 6.07) is 109. The molecule has 3 aliphatic carbocycles. The quantitative estimate of drug-likeness (QED) is 0.164. The Morgan fingerprint density at radius 2 is 0.632 bits per heavy atom. The first-order valence-electron chi connectivity index (χ1n) is 26.5. The minimum Gasteiger partial charge on any atom is -0.310 e. The van der Waals surface area contributed by atoms with Gasteiger partial charge in [-0.25, -0.2) is 0 Å². The van der Waals surface area contributed by atoms with Crippen molar-refractivity contribution in [2.45, 2.75) is 10.8 Å². The van der Waals surface area contributed by atoms with Crippen molar-refractivity contribution in [2.24, 2.45) is 0 Å². The Morgan fingerprint density at radius 3 is 1.18 bits per heavy atom. The Kier molecular flexibility index (Phi) is 9.20. The average molecular weight is 965 g/mol. The van der Waals surface area contributed by atoms with Gasteiger partial charge in [-0.2, -0.15) is 0 Å². The fraction of sp³-hybridized carbons (Fsp3) is 0.0270. The second-order valence-corrected chi connectivity index (χ2v) is 20.6. The Balaban J connectivity index is 0.945. The molecule has 0 amide bonds. The van der Waals surface area contributed by atoms with Crippen LogP contribution in [0.4, 0.5) is 34.1 Å². The summed E-state index contributed by atoms with van der Waals surface area (Å²) in [5, 5.41) is 0. The van der Waals surface area contributed by atoms with Gasteiger partial charge in [0.25, 0.3) is 0 Å². The van der Waals surface area contributed by atoms with Crippen molar-refractivity contribution in [2.75, 3.05) is 9.80 Å². The SMILES string of the molecule is c1ccc(-c2ccc(-c3ccc(N(c4ccc5c(c4)C4(c6ccccc6-c6ccccc64)c4ccccc4-5)c4cccc5c4-c4ccccc4C54c5ccccc5N(c5ccccc5)c5ccccc54)cc3)cc2)cc1. The molecule has 0 atom stereocenters. The summed E-state index contributed by atoms with van der Waals surface area (Å²) in [7, 11) is 0. The molecule has 0 saturated heterocycles. The van der Waals surface area contributed by atoms with Crippen LogP contribution in [0.3, 0.4) is 0 Å². The Bertz CT molecular complexity index is 4180. The standard InChI is InChI=1S/C74H48N2/c1-3-20-49(21-4-1)50-38-40-51(41-39-50)52-42-44-54(45-43-52)75(55-46-47-59-58-26-9-13-30-63(58)73(68(59)48-55)61-28-11-7-24-56(61)57-25-8-12-29-62(57)73)71-37-19-34-67-72(71)60-27-10-14-31-64(60)74(67)65-32-15-17-35-69(65)76(53-22-5-2-6-23-53)70-36-18-16-33-66(70)74/h1-48H. The van der Waals surface area contributed by atoms with E-state index in [1.807, 2.05) is 0 Å². The third-order valence-electron chi connectivity index (χ3n) is 17.1. The van der Waals surface area contributed by atoms with Gasteiger partial charge in [0.2, 0.25) is 0 Å². The molecular weight excluding hydrogens is 917 g/mol. The molecule has 12 aromatic carbocycles. The van der Waals surface area contributed by atoms with Crippen LogP contribution in [0, 0.1) is 0 Å². The van der Waals surface area contributed by atoms with E-state index in [-0.39, 0.29) is 0 Å². The molecule has 16 rings (SSSR count). The lowest BCUT2D eigenvalue weighted by Gasteiger charge is -2.45. The van der Waals surface area contributed by atoms with Crippen LogP contribution in [0.5, 0.6) is 0 Å². The Morgan fingerprint density at radius 1 is 0.250 bits per heavy atom. The topological polar surface area (TPSA) is 6.48 Å². The van der Waals surface area contributed by atoms with Crippen molar-refractivity contribution in [3.63, 3.8) is 0 Å². The smallest absolute Gasteiger partial charge is 0.0755 e. The molecule has 0 radical (unpaired) electrons. The van der Waals surface area contributed by atoms with E-state index in [4.69, 9.17) is 0 Å². The van der Waals surface area contributed by atoms with E-state index in [1.165, 1.54) is 112 Å². The van der Waals surface area contributed by atoms with Crippen molar-refractivity contribution < 1.29 is 0 Å². The maximum absolute atomic E-state index is 2.55. The molecule has 0 fully saturated rings. The van der Waals surface area contributed by atoms with Gasteiger partial charge in [0, 0.05) is 22.6 Å². The molecule has 354 valence electrons. The van der Waals surface area contributed by atoms with Crippen LogP contribution >= 0.6 is 0 Å². The van der Waals surface area contributed by atoms with E-state index in [2.05, 4.69) is 301 Å². The van der Waals surface area contributed by atoms with E-state index in [0.29, 0.717) is 0 Å². The number of rotatable bonds is 6. The van der Waals surface area contributed by atoms with Crippen molar-refractivity contribution in [3.05, 3.63) is 336 Å². The zero-order valence-electron chi connectivity index (χ0n) is 41.6. The summed E-state index contributed by atoms with van der Waals surface area (Å²) in [6.45, 7) is 0. The first-order chi connectivity index (χ1) is 37.7. The van der Waals surface area contributed by atoms with Gasteiger partial charge < -0.3 is 9.80 Å². The van der Waals surface area contributed by atoms with E-state index in [0.717, 1.165) is 22.7 Å². The first-order valence-corrected chi connectivity index (χ1v) is 26.5. The fourth-order valence-corrected chi connectivity index (χ4v) is 14.1. The Labute approximate surface area is 443 Å². The number of fused-ring (bicyclic) bond motifs is 19. The molecule has 12 aromatic rings. The second-order valence-electron chi connectivity index (χ2n) is 20.6. The molecule has 2 nitrogen and oxygen atoms in total. The molecule has 0 unspecified atom stereocenters. The van der Waals surface area contributed by atoms with Gasteiger partial charge in [-0.1, -0.05) is 237 Å². The molecule has 2 spiro atoms. The highest BCUT2D eigenvalue weighted by Gasteiger charge is 2.54. The van der Waals surface area contributed by atoms with Crippen molar-refractivity contribution in [3.8, 4) is 55.6 Å². The van der Waals surface area contributed by atoms with Crippen LogP contribution < -0.4 is 9.80 Å². The molecule has 1 aliphatic heterocycles. The number of para-hydroxylation sites is 3. The molecule has 4 aliphatic rings. The molecular formula is C74H48N2. The zero-order valence-corrected chi connectivity index (χ0v) is 41.6. The lowest BCUT2D eigenvalue weighted by atomic mass is 9.64. The molecule has 0 saturated carbocycles. The van der Waals surface area contributed by atoms with Crippen LogP contribution in [-0.2, 0) is 10.8 Å². The normalized spacial score (nSPS) is 14.0. The third-order valence-corrected chi connectivity index (χ3v) is 17.1. The Hall–Kier alpha value is -9.76. The van der Waals surface area contributed by atoms with Crippen LogP contribution in [-0.4, -0.2) is 0 Å². The molecule has 1 heterocycles. The summed E-state index contributed by atoms with van der Waals surface area (Å²) in [5.74, 6) is 0. The lowest BCUT2D eigenvalue weighted by Crippen LogP contribution is -2.36. The van der Waals surface area contributed by atoms with Crippen molar-refractivity contribution >= 4 is 34.1 Å². The second kappa shape index (κ2) is 16.4. The molecule has 76 heavy (non-hydrogen) atoms. The third kappa shape index (κ3) is 5.76. The highest BCUT2D eigenvalue weighted by molar-refractivity contribution is 6.02. The summed E-state index contributed by atoms with van der Waals surface area (Å²) < 4.78 is 0. The highest BCUT2D eigenvalue weighted by Crippen LogP contribution is 2.67. The van der Waals surface area contributed by atoms with Gasteiger partial charge >= 0.3 is 0 Å². The van der Waals surface area contributed by atoms with Crippen LogP contribution in [0.1, 0.15) is 44.5 Å². The summed E-state index contributed by atoms with van der Waals surface area (Å²) in [6.07, 6.45) is 0. The molecule has 0 N–H and O–H groups in total. The largest absolute Gasteiger partial charge is 0.310 e. The summed E-state index contributed by atoms with van der Waals surface area (Å²) >= 11 is 0. The van der Waals surface area contributed by atoms with E-state index >= 15 is 0 Å². The number of nitrogens with zero attached hydrogens (tertiary/aromatic N) is 2.